The summed E-state index contributed by atoms with van der Waals surface area (Å²) in [7, 11) is 0. The maximum atomic E-state index is 9.44. The highest BCUT2D eigenvalue weighted by Crippen LogP contribution is 2.25. The number of aromatic hydroxyl groups is 1. The molecule has 2 atom stereocenters. The fraction of sp³-hybridized carbons (Fsp3) is 0.333. The summed E-state index contributed by atoms with van der Waals surface area (Å²) in [5.74, 6) is 1.16. The van der Waals surface area contributed by atoms with E-state index in [0.29, 0.717) is 24.7 Å². The summed E-state index contributed by atoms with van der Waals surface area (Å²) in [4.78, 5) is 4.29. The van der Waals surface area contributed by atoms with Gasteiger partial charge in [0.2, 0.25) is 11.7 Å². The van der Waals surface area contributed by atoms with Crippen LogP contribution in [0.2, 0.25) is 0 Å². The van der Waals surface area contributed by atoms with Crippen LogP contribution in [-0.4, -0.2) is 33.0 Å². The van der Waals surface area contributed by atoms with Gasteiger partial charge in [-0.15, -0.1) is 0 Å². The van der Waals surface area contributed by atoms with Gasteiger partial charge in [0, 0.05) is 12.1 Å². The first-order valence-electron chi connectivity index (χ1n) is 5.77. The average Bonchev–Trinajstić information content (AvgIpc) is 2.98. The minimum atomic E-state index is -0.362. The summed E-state index contributed by atoms with van der Waals surface area (Å²) >= 11 is 0. The van der Waals surface area contributed by atoms with Crippen LogP contribution in [0.5, 0.6) is 5.75 Å². The quantitative estimate of drug-likeness (QED) is 0.728. The number of nitrogens with one attached hydrogen (secondary N) is 1. The van der Waals surface area contributed by atoms with E-state index in [2.05, 4.69) is 15.5 Å². The molecule has 6 nitrogen and oxygen atoms in total. The highest BCUT2D eigenvalue weighted by Gasteiger charge is 2.28. The number of aliphatic hydroxyl groups excluding tert-OH is 1. The van der Waals surface area contributed by atoms with E-state index in [4.69, 9.17) is 4.52 Å². The van der Waals surface area contributed by atoms with Gasteiger partial charge >= 0.3 is 0 Å². The third kappa shape index (κ3) is 2.07. The van der Waals surface area contributed by atoms with Crippen molar-refractivity contribution in [2.24, 2.45) is 0 Å². The third-order valence-corrected chi connectivity index (χ3v) is 2.97. The highest BCUT2D eigenvalue weighted by atomic mass is 16.5. The number of β-amino-alcohol motifs (C(OH)–C–C–N with tert-alkyl or cyclic N) is 1. The van der Waals surface area contributed by atoms with E-state index in [1.165, 1.54) is 0 Å². The summed E-state index contributed by atoms with van der Waals surface area (Å²) in [5.41, 5.74) is 0.779. The van der Waals surface area contributed by atoms with Crippen molar-refractivity contribution >= 4 is 0 Å². The molecule has 3 N–H and O–H groups in total. The predicted molar refractivity (Wildman–Crippen MR) is 62.8 cm³/mol. The Balaban J connectivity index is 1.83. The van der Waals surface area contributed by atoms with Gasteiger partial charge in [0.1, 0.15) is 5.75 Å². The zero-order valence-electron chi connectivity index (χ0n) is 9.58. The van der Waals surface area contributed by atoms with Crippen LogP contribution in [0, 0.1) is 0 Å². The van der Waals surface area contributed by atoms with Crippen LogP contribution >= 0.6 is 0 Å². The van der Waals surface area contributed by atoms with Gasteiger partial charge in [-0.2, -0.15) is 4.98 Å². The summed E-state index contributed by atoms with van der Waals surface area (Å²) in [6, 6.07) is 6.51. The van der Waals surface area contributed by atoms with E-state index >= 15 is 0 Å². The van der Waals surface area contributed by atoms with Gasteiger partial charge in [0.25, 0.3) is 0 Å². The Bertz CT molecular complexity index is 538. The van der Waals surface area contributed by atoms with Crippen molar-refractivity contribution in [2.75, 3.05) is 6.54 Å². The Kier molecular flexibility index (Phi) is 2.73. The number of rotatable bonds is 2. The molecule has 1 saturated heterocycles. The second kappa shape index (κ2) is 4.40. The molecule has 0 saturated carbocycles. The van der Waals surface area contributed by atoms with E-state index in [0.717, 1.165) is 5.56 Å². The van der Waals surface area contributed by atoms with Crippen LogP contribution in [-0.2, 0) is 0 Å². The number of aliphatic hydroxyl groups is 1. The molecule has 18 heavy (non-hydrogen) atoms. The normalized spacial score (nSPS) is 23.4. The molecule has 0 bridgehead atoms. The molecular weight excluding hydrogens is 234 g/mol. The standard InChI is InChI=1S/C12H13N3O3/c16-8-3-1-7(2-4-8)11-14-12(18-15-11)10-5-9(17)6-13-10/h1-4,9-10,13,16-17H,5-6H2. The topological polar surface area (TPSA) is 91.4 Å². The van der Waals surface area contributed by atoms with Crippen molar-refractivity contribution < 1.29 is 14.7 Å². The molecule has 0 radical (unpaired) electrons. The molecule has 2 unspecified atom stereocenters. The molecule has 1 fully saturated rings. The fourth-order valence-corrected chi connectivity index (χ4v) is 2.01. The van der Waals surface area contributed by atoms with E-state index in [-0.39, 0.29) is 17.9 Å². The van der Waals surface area contributed by atoms with Crippen LogP contribution in [0.1, 0.15) is 18.4 Å². The molecule has 0 spiro atoms. The number of phenolic OH excluding ortho intramolecular Hbond substituents is 1. The highest BCUT2D eigenvalue weighted by molar-refractivity contribution is 5.55. The molecule has 2 aromatic rings. The van der Waals surface area contributed by atoms with Crippen molar-refractivity contribution in [1.29, 1.82) is 0 Å². The summed E-state index contributed by atoms with van der Waals surface area (Å²) in [6.07, 6.45) is 0.219. The average molecular weight is 247 g/mol. The first kappa shape index (κ1) is 11.2. The first-order chi connectivity index (χ1) is 8.72. The SMILES string of the molecule is Oc1ccc(-c2noc(C3CC(O)CN3)n2)cc1. The lowest BCUT2D eigenvalue weighted by Crippen LogP contribution is -2.15. The van der Waals surface area contributed by atoms with Crippen molar-refractivity contribution in [3.63, 3.8) is 0 Å². The van der Waals surface area contributed by atoms with Gasteiger partial charge in [-0.3, -0.25) is 0 Å². The molecule has 1 aromatic heterocycles. The van der Waals surface area contributed by atoms with Crippen molar-refractivity contribution in [3.05, 3.63) is 30.2 Å². The largest absolute Gasteiger partial charge is 0.508 e. The Morgan fingerprint density at radius 2 is 2.06 bits per heavy atom. The molecule has 94 valence electrons. The van der Waals surface area contributed by atoms with Gasteiger partial charge in [-0.1, -0.05) is 5.16 Å². The molecule has 1 aliphatic heterocycles. The fourth-order valence-electron chi connectivity index (χ4n) is 2.01. The molecule has 2 heterocycles. The Morgan fingerprint density at radius 1 is 1.28 bits per heavy atom. The van der Waals surface area contributed by atoms with Crippen LogP contribution < -0.4 is 5.32 Å². The monoisotopic (exact) mass is 247 g/mol. The zero-order chi connectivity index (χ0) is 12.5. The molecule has 3 rings (SSSR count). The predicted octanol–water partition coefficient (Wildman–Crippen LogP) is 0.837. The van der Waals surface area contributed by atoms with Crippen LogP contribution in [0.3, 0.4) is 0 Å². The maximum absolute atomic E-state index is 9.44. The molecular formula is C12H13N3O3. The van der Waals surface area contributed by atoms with Crippen molar-refractivity contribution in [2.45, 2.75) is 18.6 Å². The number of hydrogen-bond donors (Lipinski definition) is 3. The first-order valence-corrected chi connectivity index (χ1v) is 5.77. The minimum Gasteiger partial charge on any atom is -0.508 e. The zero-order valence-corrected chi connectivity index (χ0v) is 9.58. The van der Waals surface area contributed by atoms with E-state index in [1.54, 1.807) is 24.3 Å². The van der Waals surface area contributed by atoms with Crippen LogP contribution in [0.4, 0.5) is 0 Å². The van der Waals surface area contributed by atoms with E-state index in [1.807, 2.05) is 0 Å². The second-order valence-electron chi connectivity index (χ2n) is 4.35. The summed E-state index contributed by atoms with van der Waals surface area (Å²) in [6.45, 7) is 0.543. The van der Waals surface area contributed by atoms with Crippen LogP contribution in [0.25, 0.3) is 11.4 Å². The molecule has 0 amide bonds. The lowest BCUT2D eigenvalue weighted by atomic mass is 10.2. The van der Waals surface area contributed by atoms with E-state index < -0.39 is 0 Å². The number of hydrogen-bond acceptors (Lipinski definition) is 6. The van der Waals surface area contributed by atoms with Crippen LogP contribution in [0.15, 0.2) is 28.8 Å². The van der Waals surface area contributed by atoms with Gasteiger partial charge in [-0.05, 0) is 30.7 Å². The molecule has 1 aromatic carbocycles. The third-order valence-electron chi connectivity index (χ3n) is 2.97. The van der Waals surface area contributed by atoms with Crippen molar-refractivity contribution in [3.8, 4) is 17.1 Å². The summed E-state index contributed by atoms with van der Waals surface area (Å²) in [5, 5.41) is 25.7. The maximum Gasteiger partial charge on any atom is 0.244 e. The minimum absolute atomic E-state index is 0.0848. The molecule has 0 aliphatic carbocycles. The van der Waals surface area contributed by atoms with Gasteiger partial charge < -0.3 is 20.1 Å². The van der Waals surface area contributed by atoms with E-state index in [9.17, 15) is 10.2 Å². The van der Waals surface area contributed by atoms with Gasteiger partial charge in [0.15, 0.2) is 0 Å². The van der Waals surface area contributed by atoms with Gasteiger partial charge in [-0.25, -0.2) is 0 Å². The number of benzene rings is 1. The Labute approximate surface area is 103 Å². The lowest BCUT2D eigenvalue weighted by Gasteiger charge is -2.01. The van der Waals surface area contributed by atoms with Crippen molar-refractivity contribution in [1.82, 2.24) is 15.5 Å². The molecule has 6 heteroatoms. The number of phenols is 1. The molecule has 1 aliphatic rings. The smallest absolute Gasteiger partial charge is 0.244 e. The Hall–Kier alpha value is -1.92. The number of aromatic nitrogens is 2. The Morgan fingerprint density at radius 3 is 2.72 bits per heavy atom. The summed E-state index contributed by atoms with van der Waals surface area (Å²) < 4.78 is 5.18. The number of nitrogens with zero attached hydrogens (tertiary/aromatic N) is 2. The lowest BCUT2D eigenvalue weighted by molar-refractivity contribution is 0.191. The second-order valence-corrected chi connectivity index (χ2v) is 4.35. The van der Waals surface area contributed by atoms with Gasteiger partial charge in [0.05, 0.1) is 12.1 Å².